The highest BCUT2D eigenvalue weighted by Crippen LogP contribution is 2.28. The lowest BCUT2D eigenvalue weighted by molar-refractivity contribution is 0.0692. The number of hydrogen-bond donors (Lipinski definition) is 2. The van der Waals surface area contributed by atoms with Gasteiger partial charge in [0.05, 0.1) is 0 Å². The Morgan fingerprint density at radius 2 is 2.11 bits per heavy atom. The average Bonchev–Trinajstić information content (AvgIpc) is 2.93. The van der Waals surface area contributed by atoms with Crippen LogP contribution in [0.4, 0.5) is 0 Å². The molecule has 1 aliphatic carbocycles. The molecule has 0 radical (unpaired) electrons. The SMILES string of the molecule is Cc1nc(-c2ccc3c(c2)CCC3)c(C(=O)O)[nH]1. The molecule has 3 rings (SSSR count). The molecule has 1 aromatic carbocycles. The Kier molecular flexibility index (Phi) is 2.44. The van der Waals surface area contributed by atoms with E-state index in [-0.39, 0.29) is 5.69 Å². The molecule has 0 saturated carbocycles. The van der Waals surface area contributed by atoms with Gasteiger partial charge in [-0.25, -0.2) is 9.78 Å². The maximum atomic E-state index is 11.2. The molecule has 92 valence electrons. The highest BCUT2D eigenvalue weighted by atomic mass is 16.4. The monoisotopic (exact) mass is 242 g/mol. The molecule has 0 bridgehead atoms. The van der Waals surface area contributed by atoms with E-state index in [1.807, 2.05) is 6.07 Å². The van der Waals surface area contributed by atoms with Gasteiger partial charge in [0, 0.05) is 5.56 Å². The van der Waals surface area contributed by atoms with Gasteiger partial charge in [0.25, 0.3) is 0 Å². The highest BCUT2D eigenvalue weighted by molar-refractivity contribution is 5.93. The third-order valence-electron chi connectivity index (χ3n) is 3.41. The van der Waals surface area contributed by atoms with Crippen molar-refractivity contribution in [1.82, 2.24) is 9.97 Å². The van der Waals surface area contributed by atoms with Crippen molar-refractivity contribution in [2.24, 2.45) is 0 Å². The molecular formula is C14H14N2O2. The summed E-state index contributed by atoms with van der Waals surface area (Å²) in [5.74, 6) is -0.339. The van der Waals surface area contributed by atoms with Gasteiger partial charge in [-0.15, -0.1) is 0 Å². The maximum absolute atomic E-state index is 11.2. The Balaban J connectivity index is 2.12. The fraction of sp³-hybridized carbons (Fsp3) is 0.286. The molecule has 1 heterocycles. The zero-order chi connectivity index (χ0) is 12.7. The largest absolute Gasteiger partial charge is 0.477 e. The summed E-state index contributed by atoms with van der Waals surface area (Å²) in [7, 11) is 0. The van der Waals surface area contributed by atoms with Crippen LogP contribution in [0.15, 0.2) is 18.2 Å². The van der Waals surface area contributed by atoms with Crippen molar-refractivity contribution in [2.75, 3.05) is 0 Å². The third-order valence-corrected chi connectivity index (χ3v) is 3.41. The molecule has 0 atom stereocenters. The van der Waals surface area contributed by atoms with E-state index in [2.05, 4.69) is 22.1 Å². The summed E-state index contributed by atoms with van der Waals surface area (Å²) in [6, 6.07) is 6.13. The number of hydrogen-bond acceptors (Lipinski definition) is 2. The number of benzene rings is 1. The van der Waals surface area contributed by atoms with Gasteiger partial charge in [0.2, 0.25) is 0 Å². The van der Waals surface area contributed by atoms with Gasteiger partial charge < -0.3 is 10.1 Å². The third kappa shape index (κ3) is 1.70. The van der Waals surface area contributed by atoms with Crippen LogP contribution < -0.4 is 0 Å². The van der Waals surface area contributed by atoms with Crippen molar-refractivity contribution in [3.05, 3.63) is 40.8 Å². The summed E-state index contributed by atoms with van der Waals surface area (Å²) < 4.78 is 0. The van der Waals surface area contributed by atoms with Crippen LogP contribution in [0.25, 0.3) is 11.3 Å². The Morgan fingerprint density at radius 3 is 2.89 bits per heavy atom. The first kappa shape index (κ1) is 11.0. The number of nitrogens with one attached hydrogen (secondary N) is 1. The second kappa shape index (κ2) is 3.98. The molecule has 0 saturated heterocycles. The van der Waals surface area contributed by atoms with Crippen LogP contribution in [0.1, 0.15) is 33.9 Å². The first-order valence-corrected chi connectivity index (χ1v) is 6.07. The maximum Gasteiger partial charge on any atom is 0.354 e. The molecular weight excluding hydrogens is 228 g/mol. The molecule has 0 amide bonds. The molecule has 1 aromatic heterocycles. The zero-order valence-electron chi connectivity index (χ0n) is 10.2. The van der Waals surface area contributed by atoms with Gasteiger partial charge in [-0.05, 0) is 43.4 Å². The Bertz CT molecular complexity index is 629. The van der Waals surface area contributed by atoms with E-state index in [1.54, 1.807) is 6.92 Å². The minimum Gasteiger partial charge on any atom is -0.477 e. The minimum atomic E-state index is -0.967. The summed E-state index contributed by atoms with van der Waals surface area (Å²) in [6.07, 6.45) is 3.39. The van der Waals surface area contributed by atoms with Crippen molar-refractivity contribution >= 4 is 5.97 Å². The molecule has 18 heavy (non-hydrogen) atoms. The number of carboxylic acids is 1. The predicted molar refractivity (Wildman–Crippen MR) is 67.7 cm³/mol. The average molecular weight is 242 g/mol. The van der Waals surface area contributed by atoms with Gasteiger partial charge in [-0.1, -0.05) is 12.1 Å². The second-order valence-electron chi connectivity index (χ2n) is 4.69. The van der Waals surface area contributed by atoms with Crippen molar-refractivity contribution in [3.63, 3.8) is 0 Å². The minimum absolute atomic E-state index is 0.172. The molecule has 4 heteroatoms. The van der Waals surface area contributed by atoms with Crippen molar-refractivity contribution in [1.29, 1.82) is 0 Å². The molecule has 0 aliphatic heterocycles. The highest BCUT2D eigenvalue weighted by Gasteiger charge is 2.18. The molecule has 0 spiro atoms. The van der Waals surface area contributed by atoms with E-state index in [1.165, 1.54) is 17.5 Å². The van der Waals surface area contributed by atoms with Gasteiger partial charge in [-0.2, -0.15) is 0 Å². The lowest BCUT2D eigenvalue weighted by atomic mass is 10.0. The van der Waals surface area contributed by atoms with Crippen molar-refractivity contribution in [3.8, 4) is 11.3 Å². The fourth-order valence-electron chi connectivity index (χ4n) is 2.57. The van der Waals surface area contributed by atoms with Crippen LogP contribution in [-0.2, 0) is 12.8 Å². The topological polar surface area (TPSA) is 66.0 Å². The normalized spacial score (nSPS) is 13.6. The Labute approximate surface area is 105 Å². The number of aromatic carboxylic acids is 1. The lowest BCUT2D eigenvalue weighted by Gasteiger charge is -2.03. The second-order valence-corrected chi connectivity index (χ2v) is 4.69. The Morgan fingerprint density at radius 1 is 1.33 bits per heavy atom. The summed E-state index contributed by atoms with van der Waals surface area (Å²) in [6.45, 7) is 1.77. The van der Waals surface area contributed by atoms with E-state index >= 15 is 0 Å². The van der Waals surface area contributed by atoms with E-state index in [4.69, 9.17) is 5.11 Å². The van der Waals surface area contributed by atoms with Gasteiger partial charge in [0.1, 0.15) is 11.5 Å². The summed E-state index contributed by atoms with van der Waals surface area (Å²) in [5, 5.41) is 9.16. The zero-order valence-corrected chi connectivity index (χ0v) is 10.2. The predicted octanol–water partition coefficient (Wildman–Crippen LogP) is 2.57. The van der Waals surface area contributed by atoms with Crippen LogP contribution in [-0.4, -0.2) is 21.0 Å². The van der Waals surface area contributed by atoms with Crippen LogP contribution in [0, 0.1) is 6.92 Å². The van der Waals surface area contributed by atoms with Crippen LogP contribution >= 0.6 is 0 Å². The number of carboxylic acid groups (broad SMARTS) is 1. The number of aromatic nitrogens is 2. The van der Waals surface area contributed by atoms with E-state index in [0.717, 1.165) is 18.4 Å². The van der Waals surface area contributed by atoms with E-state index < -0.39 is 5.97 Å². The number of aryl methyl sites for hydroxylation is 3. The van der Waals surface area contributed by atoms with Gasteiger partial charge in [-0.3, -0.25) is 0 Å². The Hall–Kier alpha value is -2.10. The van der Waals surface area contributed by atoms with E-state index in [9.17, 15) is 4.79 Å². The number of H-pyrrole nitrogens is 1. The number of fused-ring (bicyclic) bond motifs is 1. The number of imidazole rings is 1. The summed E-state index contributed by atoms with van der Waals surface area (Å²) in [4.78, 5) is 18.3. The fourth-order valence-corrected chi connectivity index (χ4v) is 2.57. The summed E-state index contributed by atoms with van der Waals surface area (Å²) in [5.41, 5.74) is 4.30. The quantitative estimate of drug-likeness (QED) is 0.850. The molecule has 1 aliphatic rings. The van der Waals surface area contributed by atoms with Crippen molar-refractivity contribution < 1.29 is 9.90 Å². The first-order chi connectivity index (χ1) is 8.65. The standard InChI is InChI=1S/C14H14N2O2/c1-8-15-12(13(16-8)14(17)18)11-6-5-9-3-2-4-10(9)7-11/h5-7H,2-4H2,1H3,(H,15,16)(H,17,18). The lowest BCUT2D eigenvalue weighted by Crippen LogP contribution is -1.99. The van der Waals surface area contributed by atoms with Crippen LogP contribution in [0.5, 0.6) is 0 Å². The number of nitrogens with zero attached hydrogens (tertiary/aromatic N) is 1. The summed E-state index contributed by atoms with van der Waals surface area (Å²) >= 11 is 0. The number of aromatic amines is 1. The molecule has 2 aromatic rings. The van der Waals surface area contributed by atoms with Crippen LogP contribution in [0.3, 0.4) is 0 Å². The molecule has 4 nitrogen and oxygen atoms in total. The van der Waals surface area contributed by atoms with Gasteiger partial charge >= 0.3 is 5.97 Å². The first-order valence-electron chi connectivity index (χ1n) is 6.07. The van der Waals surface area contributed by atoms with Crippen LogP contribution in [0.2, 0.25) is 0 Å². The molecule has 2 N–H and O–H groups in total. The van der Waals surface area contributed by atoms with Gasteiger partial charge in [0.15, 0.2) is 5.69 Å². The molecule has 0 unspecified atom stereocenters. The number of carbonyl (C=O) groups is 1. The number of rotatable bonds is 2. The van der Waals surface area contributed by atoms with E-state index in [0.29, 0.717) is 11.5 Å². The smallest absolute Gasteiger partial charge is 0.354 e. The van der Waals surface area contributed by atoms with Crippen molar-refractivity contribution in [2.45, 2.75) is 26.2 Å². The molecule has 0 fully saturated rings.